The monoisotopic (exact) mass is 297 g/mol. The Morgan fingerprint density at radius 1 is 1.09 bits per heavy atom. The topological polar surface area (TPSA) is 38.2 Å². The predicted octanol–water partition coefficient (Wildman–Crippen LogP) is 3.32. The largest absolute Gasteiger partial charge is 0.478 e. The summed E-state index contributed by atoms with van der Waals surface area (Å²) in [6, 6.07) is 11.9. The fraction of sp³-hybridized carbons (Fsp3) is 0.444. The maximum Gasteiger partial charge on any atom is 0.217 e. The summed E-state index contributed by atoms with van der Waals surface area (Å²) >= 11 is 0. The van der Waals surface area contributed by atoms with Crippen molar-refractivity contribution in [3.8, 4) is 17.3 Å². The molecule has 0 radical (unpaired) electrons. The van der Waals surface area contributed by atoms with Crippen molar-refractivity contribution >= 4 is 0 Å². The number of aromatic nitrogens is 2. The lowest BCUT2D eigenvalue weighted by molar-refractivity contribution is 0.257. The standard InChI is InChI=1S/C18H23N3O/c1-15-14-17(22-13-7-12-21-10-5-6-11-21)20-18(19-15)16-8-3-2-4-9-16/h2-4,8-9,14H,5-7,10-13H2,1H3. The van der Waals surface area contributed by atoms with Crippen molar-refractivity contribution < 1.29 is 4.74 Å². The van der Waals surface area contributed by atoms with E-state index in [1.54, 1.807) is 0 Å². The Kier molecular flexibility index (Phi) is 5.01. The molecule has 1 aromatic carbocycles. The van der Waals surface area contributed by atoms with E-state index in [0.29, 0.717) is 12.5 Å². The maximum absolute atomic E-state index is 5.83. The molecule has 4 nitrogen and oxygen atoms in total. The van der Waals surface area contributed by atoms with E-state index in [1.807, 2.05) is 43.3 Å². The quantitative estimate of drug-likeness (QED) is 0.767. The minimum atomic E-state index is 0.674. The third-order valence-electron chi connectivity index (χ3n) is 3.93. The van der Waals surface area contributed by atoms with Crippen LogP contribution >= 0.6 is 0 Å². The number of aryl methyl sites for hydroxylation is 1. The van der Waals surface area contributed by atoms with Crippen LogP contribution in [0.2, 0.25) is 0 Å². The van der Waals surface area contributed by atoms with Gasteiger partial charge in [-0.3, -0.25) is 0 Å². The molecule has 1 fully saturated rings. The van der Waals surface area contributed by atoms with E-state index in [0.717, 1.165) is 30.0 Å². The van der Waals surface area contributed by atoms with E-state index in [9.17, 15) is 0 Å². The van der Waals surface area contributed by atoms with Crippen LogP contribution in [0.15, 0.2) is 36.4 Å². The Labute approximate surface area is 132 Å². The molecular formula is C18H23N3O. The van der Waals surface area contributed by atoms with Gasteiger partial charge in [0.1, 0.15) is 0 Å². The van der Waals surface area contributed by atoms with Crippen LogP contribution in [0.5, 0.6) is 5.88 Å². The van der Waals surface area contributed by atoms with Gasteiger partial charge in [-0.1, -0.05) is 30.3 Å². The summed E-state index contributed by atoms with van der Waals surface area (Å²) in [5, 5.41) is 0. The zero-order chi connectivity index (χ0) is 15.2. The number of ether oxygens (including phenoxy) is 1. The predicted molar refractivity (Wildman–Crippen MR) is 88.0 cm³/mol. The number of rotatable bonds is 6. The second-order valence-electron chi connectivity index (χ2n) is 5.79. The maximum atomic E-state index is 5.83. The third-order valence-corrected chi connectivity index (χ3v) is 3.93. The molecule has 0 atom stereocenters. The van der Waals surface area contributed by atoms with Crippen molar-refractivity contribution in [2.24, 2.45) is 0 Å². The fourth-order valence-electron chi connectivity index (χ4n) is 2.80. The third kappa shape index (κ3) is 4.04. The molecule has 0 bridgehead atoms. The summed E-state index contributed by atoms with van der Waals surface area (Å²) in [7, 11) is 0. The smallest absolute Gasteiger partial charge is 0.217 e. The first-order chi connectivity index (χ1) is 10.8. The molecule has 2 heterocycles. The van der Waals surface area contributed by atoms with Gasteiger partial charge in [0.15, 0.2) is 5.82 Å². The van der Waals surface area contributed by atoms with Gasteiger partial charge < -0.3 is 9.64 Å². The molecule has 0 unspecified atom stereocenters. The van der Waals surface area contributed by atoms with Gasteiger partial charge in [0.05, 0.1) is 6.61 Å². The molecule has 116 valence electrons. The normalized spacial score (nSPS) is 15.1. The number of nitrogens with zero attached hydrogens (tertiary/aromatic N) is 3. The highest BCUT2D eigenvalue weighted by atomic mass is 16.5. The molecule has 4 heteroatoms. The first-order valence-corrected chi connectivity index (χ1v) is 8.07. The molecule has 22 heavy (non-hydrogen) atoms. The lowest BCUT2D eigenvalue weighted by Gasteiger charge is -2.14. The molecule has 1 aromatic heterocycles. The number of hydrogen-bond acceptors (Lipinski definition) is 4. The van der Waals surface area contributed by atoms with Gasteiger partial charge in [0.2, 0.25) is 5.88 Å². The van der Waals surface area contributed by atoms with Crippen molar-refractivity contribution in [2.45, 2.75) is 26.2 Å². The Morgan fingerprint density at radius 2 is 1.86 bits per heavy atom. The SMILES string of the molecule is Cc1cc(OCCCN2CCCC2)nc(-c2ccccc2)n1. The Bertz CT molecular complexity index is 595. The van der Waals surface area contributed by atoms with Crippen molar-refractivity contribution in [2.75, 3.05) is 26.2 Å². The molecule has 0 spiro atoms. The molecule has 1 aliphatic rings. The van der Waals surface area contributed by atoms with Gasteiger partial charge in [-0.2, -0.15) is 4.98 Å². The van der Waals surface area contributed by atoms with Crippen LogP contribution in [0, 0.1) is 6.92 Å². The minimum absolute atomic E-state index is 0.674. The summed E-state index contributed by atoms with van der Waals surface area (Å²) in [5.41, 5.74) is 1.96. The van der Waals surface area contributed by atoms with Gasteiger partial charge in [0, 0.05) is 23.9 Å². The highest BCUT2D eigenvalue weighted by molar-refractivity contribution is 5.55. The van der Waals surface area contributed by atoms with Gasteiger partial charge in [-0.15, -0.1) is 0 Å². The van der Waals surface area contributed by atoms with E-state index in [1.165, 1.54) is 25.9 Å². The van der Waals surface area contributed by atoms with Crippen LogP contribution in [-0.2, 0) is 0 Å². The Morgan fingerprint density at radius 3 is 2.64 bits per heavy atom. The zero-order valence-electron chi connectivity index (χ0n) is 13.2. The van der Waals surface area contributed by atoms with Crippen molar-refractivity contribution in [3.05, 3.63) is 42.1 Å². The highest BCUT2D eigenvalue weighted by Gasteiger charge is 2.11. The average molecular weight is 297 g/mol. The molecule has 2 aromatic rings. The minimum Gasteiger partial charge on any atom is -0.478 e. The Hall–Kier alpha value is -1.94. The molecular weight excluding hydrogens is 274 g/mol. The molecule has 0 amide bonds. The molecule has 1 aliphatic heterocycles. The van der Waals surface area contributed by atoms with E-state index >= 15 is 0 Å². The second kappa shape index (κ2) is 7.36. The first kappa shape index (κ1) is 15.0. The number of hydrogen-bond donors (Lipinski definition) is 0. The Balaban J connectivity index is 1.58. The van der Waals surface area contributed by atoms with Gasteiger partial charge in [-0.25, -0.2) is 4.98 Å². The van der Waals surface area contributed by atoms with Crippen molar-refractivity contribution in [1.82, 2.24) is 14.9 Å². The van der Waals surface area contributed by atoms with E-state index in [-0.39, 0.29) is 0 Å². The molecule has 1 saturated heterocycles. The summed E-state index contributed by atoms with van der Waals surface area (Å²) in [5.74, 6) is 1.41. The lowest BCUT2D eigenvalue weighted by Crippen LogP contribution is -2.22. The fourth-order valence-corrected chi connectivity index (χ4v) is 2.80. The molecule has 0 saturated carbocycles. The second-order valence-corrected chi connectivity index (χ2v) is 5.79. The summed E-state index contributed by atoms with van der Waals surface area (Å²) < 4.78 is 5.83. The van der Waals surface area contributed by atoms with Crippen molar-refractivity contribution in [3.63, 3.8) is 0 Å². The summed E-state index contributed by atoms with van der Waals surface area (Å²) in [6.07, 6.45) is 3.72. The molecule has 0 N–H and O–H groups in total. The van der Waals surface area contributed by atoms with E-state index < -0.39 is 0 Å². The van der Waals surface area contributed by atoms with Crippen molar-refractivity contribution in [1.29, 1.82) is 0 Å². The highest BCUT2D eigenvalue weighted by Crippen LogP contribution is 2.18. The summed E-state index contributed by atoms with van der Waals surface area (Å²) in [4.78, 5) is 11.5. The number of benzene rings is 1. The van der Waals surface area contributed by atoms with Gasteiger partial charge in [-0.05, 0) is 39.3 Å². The van der Waals surface area contributed by atoms with Crippen LogP contribution < -0.4 is 4.74 Å². The van der Waals surface area contributed by atoms with Crippen LogP contribution in [0.1, 0.15) is 25.0 Å². The first-order valence-electron chi connectivity index (χ1n) is 8.07. The van der Waals surface area contributed by atoms with E-state index in [4.69, 9.17) is 4.74 Å². The van der Waals surface area contributed by atoms with Gasteiger partial charge >= 0.3 is 0 Å². The molecule has 0 aliphatic carbocycles. The lowest BCUT2D eigenvalue weighted by atomic mass is 10.2. The van der Waals surface area contributed by atoms with Crippen LogP contribution in [0.4, 0.5) is 0 Å². The van der Waals surface area contributed by atoms with Crippen LogP contribution in [0.3, 0.4) is 0 Å². The van der Waals surface area contributed by atoms with Crippen LogP contribution in [0.25, 0.3) is 11.4 Å². The van der Waals surface area contributed by atoms with E-state index in [2.05, 4.69) is 14.9 Å². The van der Waals surface area contributed by atoms with Crippen LogP contribution in [-0.4, -0.2) is 41.1 Å². The zero-order valence-corrected chi connectivity index (χ0v) is 13.2. The average Bonchev–Trinajstić information content (AvgIpc) is 3.05. The molecule has 3 rings (SSSR count). The van der Waals surface area contributed by atoms with Gasteiger partial charge in [0.25, 0.3) is 0 Å². The number of likely N-dealkylation sites (tertiary alicyclic amines) is 1. The summed E-state index contributed by atoms with van der Waals surface area (Å²) in [6.45, 7) is 6.29.